The molecule has 0 saturated carbocycles. The largest absolute Gasteiger partial charge is 0.317 e. The maximum absolute atomic E-state index is 11.9. The van der Waals surface area contributed by atoms with Crippen LogP contribution in [-0.4, -0.2) is 33.3 Å². The van der Waals surface area contributed by atoms with Crippen molar-refractivity contribution in [2.75, 3.05) is 11.9 Å². The van der Waals surface area contributed by atoms with E-state index in [2.05, 4.69) is 26.8 Å². The van der Waals surface area contributed by atoms with E-state index in [9.17, 15) is 4.79 Å². The predicted octanol–water partition coefficient (Wildman–Crippen LogP) is 1.14. The summed E-state index contributed by atoms with van der Waals surface area (Å²) in [6, 6.07) is 4.08. The SMILES string of the molecule is N#Cc1ccsc1NC(=O)CCNC1CCc2ncnn2C1. The number of fused-ring (bicyclic) bond motifs is 1. The van der Waals surface area contributed by atoms with Crippen molar-refractivity contribution in [3.8, 4) is 6.07 Å². The molecule has 2 N–H and O–H groups in total. The van der Waals surface area contributed by atoms with Gasteiger partial charge in [-0.1, -0.05) is 0 Å². The van der Waals surface area contributed by atoms with Gasteiger partial charge in [0.2, 0.25) is 5.91 Å². The molecule has 0 radical (unpaired) electrons. The Balaban J connectivity index is 1.42. The Morgan fingerprint density at radius 2 is 2.50 bits per heavy atom. The van der Waals surface area contributed by atoms with Crippen molar-refractivity contribution in [3.05, 3.63) is 29.2 Å². The van der Waals surface area contributed by atoms with E-state index in [1.54, 1.807) is 17.8 Å². The molecule has 1 atom stereocenters. The third-order valence-electron chi connectivity index (χ3n) is 3.63. The summed E-state index contributed by atoms with van der Waals surface area (Å²) in [4.78, 5) is 16.1. The molecular formula is C14H16N6OS. The van der Waals surface area contributed by atoms with E-state index in [1.807, 2.05) is 4.68 Å². The minimum Gasteiger partial charge on any atom is -0.317 e. The lowest BCUT2D eigenvalue weighted by molar-refractivity contribution is -0.116. The normalized spacial score (nSPS) is 16.8. The second-order valence-electron chi connectivity index (χ2n) is 5.12. The fourth-order valence-electron chi connectivity index (χ4n) is 2.48. The Labute approximate surface area is 132 Å². The van der Waals surface area contributed by atoms with Gasteiger partial charge < -0.3 is 10.6 Å². The van der Waals surface area contributed by atoms with Gasteiger partial charge in [0.15, 0.2) is 0 Å². The highest BCUT2D eigenvalue weighted by molar-refractivity contribution is 7.14. The molecule has 0 fully saturated rings. The summed E-state index contributed by atoms with van der Waals surface area (Å²) in [5.41, 5.74) is 0.511. The summed E-state index contributed by atoms with van der Waals surface area (Å²) in [5.74, 6) is 0.946. The predicted molar refractivity (Wildman–Crippen MR) is 82.4 cm³/mol. The quantitative estimate of drug-likeness (QED) is 0.862. The molecule has 7 nitrogen and oxygen atoms in total. The van der Waals surface area contributed by atoms with Crippen molar-refractivity contribution in [3.63, 3.8) is 0 Å². The van der Waals surface area contributed by atoms with Gasteiger partial charge in [0, 0.05) is 25.4 Å². The van der Waals surface area contributed by atoms with Crippen molar-refractivity contribution in [1.82, 2.24) is 20.1 Å². The first-order valence-corrected chi connectivity index (χ1v) is 8.01. The number of nitrogens with zero attached hydrogens (tertiary/aromatic N) is 4. The zero-order valence-electron chi connectivity index (χ0n) is 12.0. The molecule has 1 aliphatic heterocycles. The van der Waals surface area contributed by atoms with E-state index in [1.165, 1.54) is 11.3 Å². The summed E-state index contributed by atoms with van der Waals surface area (Å²) < 4.78 is 1.91. The van der Waals surface area contributed by atoms with Gasteiger partial charge in [0.05, 0.1) is 12.1 Å². The number of nitriles is 1. The summed E-state index contributed by atoms with van der Waals surface area (Å²) in [5, 5.41) is 21.7. The number of nitrogens with one attached hydrogen (secondary N) is 2. The number of rotatable bonds is 5. The smallest absolute Gasteiger partial charge is 0.226 e. The van der Waals surface area contributed by atoms with Crippen LogP contribution in [0.25, 0.3) is 0 Å². The van der Waals surface area contributed by atoms with Crippen LogP contribution in [0.1, 0.15) is 24.2 Å². The molecule has 0 aliphatic carbocycles. The highest BCUT2D eigenvalue weighted by Crippen LogP contribution is 2.22. The zero-order chi connectivity index (χ0) is 15.4. The molecule has 1 amide bonds. The number of anilines is 1. The first-order chi connectivity index (χ1) is 10.8. The number of thiophene rings is 1. The molecule has 1 aliphatic rings. The Bertz CT molecular complexity index is 700. The number of carbonyl (C=O) groups excluding carboxylic acids is 1. The molecular weight excluding hydrogens is 300 g/mol. The lowest BCUT2D eigenvalue weighted by Gasteiger charge is -2.23. The molecule has 1 unspecified atom stereocenters. The van der Waals surface area contributed by atoms with Crippen molar-refractivity contribution in [1.29, 1.82) is 5.26 Å². The van der Waals surface area contributed by atoms with E-state index in [4.69, 9.17) is 5.26 Å². The van der Waals surface area contributed by atoms with Gasteiger partial charge in [-0.2, -0.15) is 10.4 Å². The van der Waals surface area contributed by atoms with Gasteiger partial charge >= 0.3 is 0 Å². The van der Waals surface area contributed by atoms with E-state index in [0.29, 0.717) is 29.6 Å². The number of aromatic nitrogens is 3. The van der Waals surface area contributed by atoms with Crippen LogP contribution in [0.5, 0.6) is 0 Å². The summed E-state index contributed by atoms with van der Waals surface area (Å²) in [6.45, 7) is 1.40. The fraction of sp³-hybridized carbons (Fsp3) is 0.429. The van der Waals surface area contributed by atoms with Gasteiger partial charge in [-0.15, -0.1) is 11.3 Å². The van der Waals surface area contributed by atoms with E-state index in [0.717, 1.165) is 25.2 Å². The van der Waals surface area contributed by atoms with Crippen molar-refractivity contribution >= 4 is 22.2 Å². The highest BCUT2D eigenvalue weighted by Gasteiger charge is 2.19. The molecule has 2 aromatic rings. The molecule has 22 heavy (non-hydrogen) atoms. The zero-order valence-corrected chi connectivity index (χ0v) is 12.8. The van der Waals surface area contributed by atoms with Crippen LogP contribution in [0, 0.1) is 11.3 Å². The molecule has 0 bridgehead atoms. The Kier molecular flexibility index (Phi) is 4.46. The Morgan fingerprint density at radius 3 is 3.36 bits per heavy atom. The van der Waals surface area contributed by atoms with Crippen molar-refractivity contribution in [2.45, 2.75) is 31.8 Å². The molecule has 0 spiro atoms. The fourth-order valence-corrected chi connectivity index (χ4v) is 3.23. The van der Waals surface area contributed by atoms with E-state index in [-0.39, 0.29) is 5.91 Å². The second-order valence-corrected chi connectivity index (χ2v) is 6.04. The van der Waals surface area contributed by atoms with Crippen LogP contribution in [0.3, 0.4) is 0 Å². The lowest BCUT2D eigenvalue weighted by Crippen LogP contribution is -2.39. The summed E-state index contributed by atoms with van der Waals surface area (Å²) >= 11 is 1.36. The average Bonchev–Trinajstić information content (AvgIpc) is 3.15. The van der Waals surface area contributed by atoms with Gasteiger partial charge in [-0.3, -0.25) is 4.79 Å². The highest BCUT2D eigenvalue weighted by atomic mass is 32.1. The second kappa shape index (κ2) is 6.68. The number of aryl methyl sites for hydroxylation is 1. The minimum absolute atomic E-state index is 0.0799. The molecule has 3 rings (SSSR count). The van der Waals surface area contributed by atoms with Gasteiger partial charge in [-0.25, -0.2) is 9.67 Å². The number of hydrogen-bond donors (Lipinski definition) is 2. The summed E-state index contributed by atoms with van der Waals surface area (Å²) in [7, 11) is 0. The number of amides is 1. The van der Waals surface area contributed by atoms with Crippen LogP contribution in [0.15, 0.2) is 17.8 Å². The van der Waals surface area contributed by atoms with Crippen LogP contribution in [0.4, 0.5) is 5.00 Å². The molecule has 114 valence electrons. The third-order valence-corrected chi connectivity index (χ3v) is 4.46. The standard InChI is InChI=1S/C14H16N6OS/c15-7-10-4-6-22-14(10)19-13(21)3-5-16-11-1-2-12-17-9-18-20(12)8-11/h4,6,9,11,16H,1-3,5,8H2,(H,19,21). The maximum Gasteiger partial charge on any atom is 0.226 e. The van der Waals surface area contributed by atoms with E-state index < -0.39 is 0 Å². The van der Waals surface area contributed by atoms with E-state index >= 15 is 0 Å². The van der Waals surface area contributed by atoms with Crippen LogP contribution in [0.2, 0.25) is 0 Å². The van der Waals surface area contributed by atoms with Crippen LogP contribution < -0.4 is 10.6 Å². The lowest BCUT2D eigenvalue weighted by atomic mass is 10.1. The van der Waals surface area contributed by atoms with Crippen molar-refractivity contribution < 1.29 is 4.79 Å². The van der Waals surface area contributed by atoms with Gasteiger partial charge in [-0.05, 0) is 17.9 Å². The number of hydrogen-bond acceptors (Lipinski definition) is 6. The monoisotopic (exact) mass is 316 g/mol. The van der Waals surface area contributed by atoms with Crippen LogP contribution in [-0.2, 0) is 17.8 Å². The van der Waals surface area contributed by atoms with Gasteiger partial charge in [0.25, 0.3) is 0 Å². The van der Waals surface area contributed by atoms with Gasteiger partial charge in [0.1, 0.15) is 23.2 Å². The number of carbonyl (C=O) groups is 1. The average molecular weight is 316 g/mol. The first kappa shape index (κ1) is 14.7. The molecule has 8 heteroatoms. The maximum atomic E-state index is 11.9. The first-order valence-electron chi connectivity index (χ1n) is 7.14. The topological polar surface area (TPSA) is 95.6 Å². The minimum atomic E-state index is -0.0799. The van der Waals surface area contributed by atoms with Crippen LogP contribution >= 0.6 is 11.3 Å². The van der Waals surface area contributed by atoms with Crippen molar-refractivity contribution in [2.24, 2.45) is 0 Å². The Morgan fingerprint density at radius 1 is 1.59 bits per heavy atom. The molecule has 3 heterocycles. The Hall–Kier alpha value is -2.24. The summed E-state index contributed by atoms with van der Waals surface area (Å²) in [6.07, 6.45) is 3.87. The third kappa shape index (κ3) is 3.32. The molecule has 0 saturated heterocycles. The molecule has 2 aromatic heterocycles. The molecule has 0 aromatic carbocycles.